The Morgan fingerprint density at radius 2 is 1.63 bits per heavy atom. The lowest BCUT2D eigenvalue weighted by atomic mass is 9.30. The van der Waals surface area contributed by atoms with Gasteiger partial charge in [-0.05, 0) is 90.8 Å². The Bertz CT molecular complexity index is 1080. The molecular weight excluding hydrogens is 434 g/mol. The average Bonchev–Trinajstić information content (AvgIpc) is 2.80. The lowest BCUT2D eigenvalue weighted by Crippen LogP contribution is -2.73. The number of esters is 1. The molecule has 0 aromatic heterocycles. The van der Waals surface area contributed by atoms with Gasteiger partial charge in [0.1, 0.15) is 12.2 Å². The number of nitrogens with zero attached hydrogens (tertiary/aromatic N) is 1. The maximum Gasteiger partial charge on any atom is 0.312 e. The van der Waals surface area contributed by atoms with E-state index in [-0.39, 0.29) is 51.4 Å². The van der Waals surface area contributed by atoms with Crippen LogP contribution in [-0.2, 0) is 14.3 Å². The number of rotatable bonds is 0. The number of carbonyl (C=O) groups is 2. The third-order valence-electron chi connectivity index (χ3n) is 13.7. The van der Waals surface area contributed by atoms with Gasteiger partial charge in [0.25, 0.3) is 0 Å². The molecule has 35 heavy (non-hydrogen) atoms. The van der Waals surface area contributed by atoms with Crippen molar-refractivity contribution in [2.45, 2.75) is 99.5 Å². The zero-order chi connectivity index (χ0) is 25.3. The second-order valence-corrected chi connectivity index (χ2v) is 14.8. The van der Waals surface area contributed by atoms with Crippen molar-refractivity contribution < 1.29 is 14.3 Å². The van der Waals surface area contributed by atoms with Crippen molar-refractivity contribution in [3.8, 4) is 6.07 Å². The minimum absolute atomic E-state index is 0.00235. The van der Waals surface area contributed by atoms with Crippen LogP contribution in [0.2, 0.25) is 0 Å². The summed E-state index contributed by atoms with van der Waals surface area (Å²) in [5, 5.41) is 9.91. The van der Waals surface area contributed by atoms with Gasteiger partial charge in [-0.2, -0.15) is 5.26 Å². The van der Waals surface area contributed by atoms with Crippen molar-refractivity contribution >= 4 is 11.8 Å². The first kappa shape index (κ1) is 23.7. The molecule has 0 radical (unpaired) electrons. The van der Waals surface area contributed by atoms with Crippen LogP contribution < -0.4 is 0 Å². The highest BCUT2D eigenvalue weighted by Crippen LogP contribution is 2.78. The number of ether oxygens (including phenoxy) is 1. The molecule has 11 atom stereocenters. The molecule has 1 aliphatic heterocycles. The van der Waals surface area contributed by atoms with Crippen molar-refractivity contribution in [3.05, 3.63) is 11.6 Å². The van der Waals surface area contributed by atoms with Crippen molar-refractivity contribution in [2.24, 2.45) is 62.6 Å². The minimum atomic E-state index is -0.550. The van der Waals surface area contributed by atoms with E-state index in [9.17, 15) is 14.9 Å². The lowest BCUT2D eigenvalue weighted by Gasteiger charge is -2.75. The normalized spacial score (nSPS) is 55.9. The van der Waals surface area contributed by atoms with Crippen molar-refractivity contribution in [2.75, 3.05) is 0 Å². The second kappa shape index (κ2) is 6.81. The summed E-state index contributed by atoms with van der Waals surface area (Å²) < 4.78 is 6.49. The van der Waals surface area contributed by atoms with E-state index in [1.165, 1.54) is 0 Å². The van der Waals surface area contributed by atoms with E-state index in [0.717, 1.165) is 44.9 Å². The van der Waals surface area contributed by atoms with Crippen molar-refractivity contribution in [1.29, 1.82) is 5.26 Å². The van der Waals surface area contributed by atoms with Gasteiger partial charge in [0, 0.05) is 11.3 Å². The molecule has 0 N–H and O–H groups in total. The molecule has 6 rings (SSSR count). The smallest absolute Gasteiger partial charge is 0.312 e. The minimum Gasteiger partial charge on any atom is -0.462 e. The van der Waals surface area contributed by atoms with E-state index in [2.05, 4.69) is 60.6 Å². The Morgan fingerprint density at radius 1 is 0.914 bits per heavy atom. The van der Waals surface area contributed by atoms with Crippen LogP contribution in [0.4, 0.5) is 0 Å². The Kier molecular flexibility index (Phi) is 4.62. The number of allylic oxidation sites excluding steroid dienone is 2. The first-order valence-electron chi connectivity index (χ1n) is 14.2. The number of hydrogen-bond donors (Lipinski definition) is 0. The predicted molar refractivity (Wildman–Crippen MR) is 134 cm³/mol. The summed E-state index contributed by atoms with van der Waals surface area (Å²) in [5.74, 6) is 2.57. The third-order valence-corrected chi connectivity index (χ3v) is 13.7. The van der Waals surface area contributed by atoms with Gasteiger partial charge in [-0.1, -0.05) is 54.5 Å². The van der Waals surface area contributed by atoms with E-state index in [0.29, 0.717) is 29.2 Å². The highest BCUT2D eigenvalue weighted by molar-refractivity contribution is 6.04. The molecule has 2 bridgehead atoms. The van der Waals surface area contributed by atoms with E-state index >= 15 is 0 Å². The fourth-order valence-electron chi connectivity index (χ4n) is 11.5. The maximum atomic E-state index is 13.7. The lowest BCUT2D eigenvalue weighted by molar-refractivity contribution is -0.294. The molecule has 0 aromatic rings. The molecule has 0 unspecified atom stereocenters. The Balaban J connectivity index is 1.52. The summed E-state index contributed by atoms with van der Waals surface area (Å²) in [6, 6.07) is 2.25. The number of hydrogen-bond acceptors (Lipinski definition) is 4. The first-order valence-corrected chi connectivity index (χ1v) is 14.2. The molecule has 0 amide bonds. The van der Waals surface area contributed by atoms with Gasteiger partial charge in [-0.15, -0.1) is 0 Å². The van der Waals surface area contributed by atoms with Crippen LogP contribution in [0, 0.1) is 73.9 Å². The highest BCUT2D eigenvalue weighted by Gasteiger charge is 2.75. The van der Waals surface area contributed by atoms with Crippen LogP contribution in [0.15, 0.2) is 11.6 Å². The van der Waals surface area contributed by atoms with Crippen LogP contribution >= 0.6 is 0 Å². The molecular formula is C31H43NO3. The largest absolute Gasteiger partial charge is 0.462 e. The van der Waals surface area contributed by atoms with Gasteiger partial charge in [0.15, 0.2) is 5.78 Å². The van der Waals surface area contributed by atoms with Gasteiger partial charge >= 0.3 is 5.97 Å². The zero-order valence-electron chi connectivity index (χ0n) is 22.7. The van der Waals surface area contributed by atoms with Crippen LogP contribution in [0.25, 0.3) is 0 Å². The Morgan fingerprint density at radius 3 is 2.31 bits per heavy atom. The summed E-state index contributed by atoms with van der Waals surface area (Å²) in [4.78, 5) is 27.0. The molecule has 4 nitrogen and oxygen atoms in total. The Labute approximate surface area is 211 Å². The topological polar surface area (TPSA) is 67.2 Å². The summed E-state index contributed by atoms with van der Waals surface area (Å²) in [7, 11) is 0. The molecule has 1 heterocycles. The van der Waals surface area contributed by atoms with Crippen LogP contribution in [0.3, 0.4) is 0 Å². The molecule has 5 fully saturated rings. The van der Waals surface area contributed by atoms with E-state index < -0.39 is 5.41 Å². The Hall–Kier alpha value is -1.63. The molecule has 0 aromatic carbocycles. The summed E-state index contributed by atoms with van der Waals surface area (Å²) in [6.45, 7) is 16.3. The number of fused-ring (bicyclic) bond motifs is 4. The zero-order valence-corrected chi connectivity index (χ0v) is 22.7. The van der Waals surface area contributed by atoms with Crippen LogP contribution in [-0.4, -0.2) is 17.9 Å². The monoisotopic (exact) mass is 477 g/mol. The van der Waals surface area contributed by atoms with E-state index in [1.807, 2.05) is 0 Å². The molecule has 5 aliphatic carbocycles. The maximum absolute atomic E-state index is 13.7. The van der Waals surface area contributed by atoms with Crippen LogP contribution in [0.5, 0.6) is 0 Å². The number of carbonyl (C=O) groups excluding carboxylic acids is 2. The van der Waals surface area contributed by atoms with Crippen molar-refractivity contribution in [1.82, 2.24) is 0 Å². The quantitative estimate of drug-likeness (QED) is 0.374. The molecule has 6 aliphatic rings. The van der Waals surface area contributed by atoms with Gasteiger partial charge in [-0.3, -0.25) is 9.59 Å². The van der Waals surface area contributed by atoms with E-state index in [4.69, 9.17) is 4.74 Å². The third kappa shape index (κ3) is 2.50. The van der Waals surface area contributed by atoms with Gasteiger partial charge < -0.3 is 4.74 Å². The summed E-state index contributed by atoms with van der Waals surface area (Å²) >= 11 is 0. The number of Topliss-reactive ketones (excluding diaryl/α,β-unsaturated/α-hetero) is 1. The summed E-state index contributed by atoms with van der Waals surface area (Å²) in [5.41, 5.74) is -0.573. The second-order valence-electron chi connectivity index (χ2n) is 14.8. The summed E-state index contributed by atoms with van der Waals surface area (Å²) in [6.07, 6.45) is 9.17. The number of ketones is 1. The van der Waals surface area contributed by atoms with Gasteiger partial charge in [0.05, 0.1) is 11.0 Å². The fraction of sp³-hybridized carbons (Fsp3) is 0.839. The van der Waals surface area contributed by atoms with Crippen molar-refractivity contribution in [3.63, 3.8) is 0 Å². The average molecular weight is 478 g/mol. The first-order chi connectivity index (χ1) is 16.3. The molecule has 4 heteroatoms. The fourth-order valence-corrected chi connectivity index (χ4v) is 11.5. The van der Waals surface area contributed by atoms with Gasteiger partial charge in [-0.25, -0.2) is 0 Å². The molecule has 4 saturated carbocycles. The molecule has 1 saturated heterocycles. The van der Waals surface area contributed by atoms with Crippen LogP contribution in [0.1, 0.15) is 93.4 Å². The predicted octanol–water partition coefficient (Wildman–Crippen LogP) is 6.50. The molecule has 190 valence electrons. The standard InChI is InChI=1S/C31H43NO3/c1-17-8-11-31-13-12-30(7)24(23(31)18(17)2)20(35-26(31)34)14-22-28(5)15-19(16-32)25(33)27(3,4)21(28)9-10-29(22,30)6/h15,17-18,20-24H,8-14H2,1-7H3/t17-,18+,20-,21+,22-,23+,24-,28+,29-,30-,31+/m1/s1. The molecule has 0 spiro atoms. The SMILES string of the molecule is C[C@@H]1[C@H]2[C@H]3[C@H]4C[C@@H]5[C@@]6(C)C=C(C#N)C(=O)C(C)(C)[C@@H]6CC[C@@]5(C)[C@]3(C)CC[C@]2(CC[C@H]1C)C(=O)O4. The highest BCUT2D eigenvalue weighted by atomic mass is 16.5. The van der Waals surface area contributed by atoms with E-state index in [1.54, 1.807) is 0 Å². The number of nitriles is 1. The van der Waals surface area contributed by atoms with Gasteiger partial charge in [0.2, 0.25) is 0 Å².